The maximum Gasteiger partial charge on any atom is 0.287 e. The van der Waals surface area contributed by atoms with Crippen molar-refractivity contribution in [3.05, 3.63) is 57.9 Å². The number of hydrogen-bond donors (Lipinski definition) is 1. The molecule has 1 aliphatic rings. The van der Waals surface area contributed by atoms with E-state index in [-0.39, 0.29) is 10.6 Å². The monoisotopic (exact) mass is 287 g/mol. The van der Waals surface area contributed by atoms with E-state index in [9.17, 15) is 10.1 Å². The van der Waals surface area contributed by atoms with Crippen molar-refractivity contribution >= 4 is 5.95 Å². The van der Waals surface area contributed by atoms with Gasteiger partial charge in [0.05, 0.1) is 17.5 Å². The molecule has 0 spiro atoms. The Morgan fingerprint density at radius 3 is 3.10 bits per heavy atom. The lowest BCUT2D eigenvalue weighted by Gasteiger charge is -2.20. The summed E-state index contributed by atoms with van der Waals surface area (Å²) >= 11 is 0. The maximum atomic E-state index is 11.3. The molecule has 2 aromatic rings. The van der Waals surface area contributed by atoms with Gasteiger partial charge in [-0.15, -0.1) is 0 Å². The summed E-state index contributed by atoms with van der Waals surface area (Å²) in [5, 5.41) is 18.2. The molecule has 0 fully saturated rings. The van der Waals surface area contributed by atoms with Crippen molar-refractivity contribution < 1.29 is 9.49 Å². The van der Waals surface area contributed by atoms with E-state index in [2.05, 4.69) is 15.4 Å². The van der Waals surface area contributed by atoms with Crippen molar-refractivity contribution in [1.29, 1.82) is 0 Å². The Labute approximate surface area is 120 Å². The summed E-state index contributed by atoms with van der Waals surface area (Å²) in [7, 11) is 1.93. The second-order valence-corrected chi connectivity index (χ2v) is 4.97. The lowest BCUT2D eigenvalue weighted by atomic mass is 10.0. The quantitative estimate of drug-likeness (QED) is 0.511. The molecule has 3 heterocycles. The van der Waals surface area contributed by atoms with Gasteiger partial charge >= 0.3 is 0 Å². The summed E-state index contributed by atoms with van der Waals surface area (Å²) in [4.78, 5) is 15.0. The van der Waals surface area contributed by atoms with E-state index < -0.39 is 6.04 Å². The molecule has 21 heavy (non-hydrogen) atoms. The summed E-state index contributed by atoms with van der Waals surface area (Å²) in [6.07, 6.45) is 5.20. The smallest absolute Gasteiger partial charge is 0.287 e. The van der Waals surface area contributed by atoms with E-state index in [1.807, 2.05) is 36.9 Å². The second kappa shape index (κ2) is 4.97. The minimum absolute atomic E-state index is 0.0799. The van der Waals surface area contributed by atoms with Crippen LogP contribution in [0.15, 0.2) is 36.6 Å². The van der Waals surface area contributed by atoms with Gasteiger partial charge in [-0.25, -0.2) is 9.25 Å². The van der Waals surface area contributed by atoms with Crippen molar-refractivity contribution in [3.63, 3.8) is 0 Å². The first kappa shape index (κ1) is 13.2. The van der Waals surface area contributed by atoms with E-state index >= 15 is 0 Å². The van der Waals surface area contributed by atoms with Gasteiger partial charge in [0.25, 0.3) is 5.70 Å². The Morgan fingerprint density at radius 2 is 2.38 bits per heavy atom. The third-order valence-electron chi connectivity index (χ3n) is 3.69. The van der Waals surface area contributed by atoms with Crippen LogP contribution in [0, 0.1) is 17.0 Å². The topological polar surface area (TPSA) is 89.8 Å². The number of nitro groups is 1. The van der Waals surface area contributed by atoms with Gasteiger partial charge in [0.15, 0.2) is 17.9 Å². The van der Waals surface area contributed by atoms with Gasteiger partial charge in [-0.1, -0.05) is 0 Å². The van der Waals surface area contributed by atoms with Crippen molar-refractivity contribution in [1.82, 2.24) is 14.8 Å². The largest absolute Gasteiger partial charge is 0.325 e. The number of fused-ring (bicyclic) bond motifs is 1. The molecule has 3 rings (SSSR count). The molecule has 0 aliphatic carbocycles. The fourth-order valence-corrected chi connectivity index (χ4v) is 2.58. The van der Waals surface area contributed by atoms with Crippen LogP contribution in [0.5, 0.6) is 0 Å². The number of rotatable bonds is 3. The second-order valence-electron chi connectivity index (χ2n) is 4.97. The van der Waals surface area contributed by atoms with Crippen LogP contribution in [0.2, 0.25) is 0 Å². The average molecular weight is 287 g/mol. The van der Waals surface area contributed by atoms with Gasteiger partial charge in [-0.2, -0.15) is 10.1 Å². The zero-order valence-corrected chi connectivity index (χ0v) is 11.7. The highest BCUT2D eigenvalue weighted by atomic mass is 16.6. The first-order chi connectivity index (χ1) is 10.1. The molecule has 8 heteroatoms. The number of anilines is 1. The van der Waals surface area contributed by atoms with Crippen LogP contribution in [0.4, 0.5) is 5.95 Å². The Hall–Kier alpha value is -2.77. The number of pyridine rings is 1. The molecule has 0 amide bonds. The van der Waals surface area contributed by atoms with Gasteiger partial charge in [-0.3, -0.25) is 10.1 Å². The molecule has 1 atom stereocenters. The Kier molecular flexibility index (Phi) is 3.13. The zero-order chi connectivity index (χ0) is 15.0. The van der Waals surface area contributed by atoms with E-state index in [4.69, 9.17) is 0 Å². The summed E-state index contributed by atoms with van der Waals surface area (Å²) < 4.78 is 3.54. The first-order valence-electron chi connectivity index (χ1n) is 6.52. The van der Waals surface area contributed by atoms with Crippen LogP contribution in [0.1, 0.15) is 17.3 Å². The number of hydrogen-bond acceptors (Lipinski definition) is 5. The van der Waals surface area contributed by atoms with Gasteiger partial charge in [0.1, 0.15) is 13.4 Å². The van der Waals surface area contributed by atoms with Crippen molar-refractivity contribution in [2.24, 2.45) is 7.05 Å². The minimum atomic E-state index is -0.481. The number of allylic oxidation sites excluding steroid dienone is 1. The number of nitrogens with zero attached hydrogens (tertiary/aromatic N) is 5. The fourth-order valence-electron chi connectivity index (χ4n) is 2.58. The predicted molar refractivity (Wildman–Crippen MR) is 73.8 cm³/mol. The van der Waals surface area contributed by atoms with Gasteiger partial charge in [0, 0.05) is 11.6 Å². The normalized spacial score (nSPS) is 16.9. The number of nitrogens with one attached hydrogen (secondary N) is 1. The lowest BCUT2D eigenvalue weighted by Crippen LogP contribution is -2.37. The third-order valence-corrected chi connectivity index (χ3v) is 3.69. The van der Waals surface area contributed by atoms with Crippen LogP contribution < -0.4 is 9.88 Å². The predicted octanol–water partition coefficient (Wildman–Crippen LogP) is 0.738. The highest BCUT2D eigenvalue weighted by Gasteiger charge is 2.35. The van der Waals surface area contributed by atoms with Crippen LogP contribution in [-0.4, -0.2) is 19.7 Å². The van der Waals surface area contributed by atoms with E-state index in [0.717, 1.165) is 11.3 Å². The zero-order valence-electron chi connectivity index (χ0n) is 11.7. The Bertz CT molecular complexity index is 716. The minimum Gasteiger partial charge on any atom is -0.325 e. The highest BCUT2D eigenvalue weighted by molar-refractivity contribution is 5.35. The molecule has 8 nitrogen and oxygen atoms in total. The van der Waals surface area contributed by atoms with E-state index in [0.29, 0.717) is 12.4 Å². The molecule has 0 radical (unpaired) electrons. The molecule has 0 saturated carbocycles. The summed E-state index contributed by atoms with van der Waals surface area (Å²) in [5.41, 5.74) is 2.19. The number of aromatic nitrogens is 4. The molecule has 1 unspecified atom stereocenters. The molecule has 2 aromatic heterocycles. The fraction of sp³-hybridized carbons (Fsp3) is 0.308. The SMILES string of the molecule is Cc1ccc[n+](C)c1CC1C([N+](=O)[O-])=CNc2ncnn21. The van der Waals surface area contributed by atoms with E-state index in [1.54, 1.807) is 4.68 Å². The van der Waals surface area contributed by atoms with Crippen molar-refractivity contribution in [2.75, 3.05) is 5.32 Å². The van der Waals surface area contributed by atoms with Gasteiger partial charge < -0.3 is 5.32 Å². The molecule has 0 saturated heterocycles. The molecule has 108 valence electrons. The standard InChI is InChI=1S/C13H15N6O2/c1-9-4-3-5-17(2)10(9)6-11-12(19(20)21)7-14-13-15-8-16-18(11)13/h3-5,7-8,11H,6H2,1-2H3,(H,14,15,16)/q+1. The maximum absolute atomic E-state index is 11.3. The van der Waals surface area contributed by atoms with Crippen molar-refractivity contribution in [2.45, 2.75) is 19.4 Å². The van der Waals surface area contributed by atoms with Crippen LogP contribution >= 0.6 is 0 Å². The molecule has 0 aromatic carbocycles. The molecule has 0 bridgehead atoms. The van der Waals surface area contributed by atoms with Gasteiger partial charge in [-0.05, 0) is 13.0 Å². The highest BCUT2D eigenvalue weighted by Crippen LogP contribution is 2.28. The Balaban J connectivity index is 2.04. The van der Waals surface area contributed by atoms with Crippen LogP contribution in [0.3, 0.4) is 0 Å². The summed E-state index contributed by atoms with van der Waals surface area (Å²) in [6, 6.07) is 3.46. The first-order valence-corrected chi connectivity index (χ1v) is 6.52. The summed E-state index contributed by atoms with van der Waals surface area (Å²) in [5.74, 6) is 0.516. The van der Waals surface area contributed by atoms with Gasteiger partial charge in [0.2, 0.25) is 5.95 Å². The average Bonchev–Trinajstić information content (AvgIpc) is 2.91. The molecular formula is C13H15N6O2+. The van der Waals surface area contributed by atoms with Crippen LogP contribution in [0.25, 0.3) is 0 Å². The van der Waals surface area contributed by atoms with Crippen LogP contribution in [-0.2, 0) is 13.5 Å². The lowest BCUT2D eigenvalue weighted by molar-refractivity contribution is -0.679. The third kappa shape index (κ3) is 2.24. The Morgan fingerprint density at radius 1 is 1.57 bits per heavy atom. The van der Waals surface area contributed by atoms with Crippen molar-refractivity contribution in [3.8, 4) is 0 Å². The summed E-state index contributed by atoms with van der Waals surface area (Å²) in [6.45, 7) is 1.99. The molecule has 1 N–H and O–H groups in total. The number of aryl methyl sites for hydroxylation is 2. The molecule has 1 aliphatic heterocycles. The molecular weight excluding hydrogens is 272 g/mol. The van der Waals surface area contributed by atoms with E-state index in [1.165, 1.54) is 12.5 Å².